The van der Waals surface area contributed by atoms with Gasteiger partial charge in [-0.3, -0.25) is 4.79 Å². The van der Waals surface area contributed by atoms with Crippen molar-refractivity contribution >= 4 is 28.6 Å². The highest BCUT2D eigenvalue weighted by molar-refractivity contribution is 5.88. The molecule has 2 aromatic rings. The van der Waals surface area contributed by atoms with Gasteiger partial charge in [-0.2, -0.15) is 0 Å². The van der Waals surface area contributed by atoms with Crippen LogP contribution in [0, 0.1) is 5.92 Å². The van der Waals surface area contributed by atoms with E-state index in [-0.39, 0.29) is 17.9 Å². The lowest BCUT2D eigenvalue weighted by molar-refractivity contribution is -0.136. The van der Waals surface area contributed by atoms with E-state index in [1.54, 1.807) is 6.07 Å². The van der Waals surface area contributed by atoms with Crippen molar-refractivity contribution in [3.8, 4) is 0 Å². The predicted octanol–water partition coefficient (Wildman–Crippen LogP) is 1.69. The van der Waals surface area contributed by atoms with Crippen LogP contribution in [0.15, 0.2) is 18.5 Å². The minimum absolute atomic E-state index is 0.0931. The van der Waals surface area contributed by atoms with E-state index in [2.05, 4.69) is 19.9 Å². The van der Waals surface area contributed by atoms with E-state index in [9.17, 15) is 4.79 Å². The molecule has 3 heterocycles. The Bertz CT molecular complexity index is 739. The molecular formula is C17H24N6O. The number of pyridine rings is 1. The van der Waals surface area contributed by atoms with Crippen molar-refractivity contribution < 1.29 is 4.79 Å². The average Bonchev–Trinajstić information content (AvgIpc) is 2.59. The molecule has 0 bridgehead atoms. The molecule has 2 aromatic heterocycles. The predicted molar refractivity (Wildman–Crippen MR) is 94.6 cm³/mol. The van der Waals surface area contributed by atoms with Crippen LogP contribution in [-0.2, 0) is 4.79 Å². The second-order valence-electron chi connectivity index (χ2n) is 6.61. The Morgan fingerprint density at radius 2 is 2.00 bits per heavy atom. The lowest BCUT2D eigenvalue weighted by Gasteiger charge is -2.35. The van der Waals surface area contributed by atoms with E-state index in [4.69, 9.17) is 5.73 Å². The van der Waals surface area contributed by atoms with Crippen LogP contribution in [0.3, 0.4) is 0 Å². The number of nitrogens with zero attached hydrogens (tertiary/aromatic N) is 5. The zero-order valence-corrected chi connectivity index (χ0v) is 14.4. The topological polar surface area (TPSA) is 88.2 Å². The summed E-state index contributed by atoms with van der Waals surface area (Å²) < 4.78 is 0. The van der Waals surface area contributed by atoms with Crippen molar-refractivity contribution in [3.05, 3.63) is 18.5 Å². The maximum absolute atomic E-state index is 12.5. The average molecular weight is 328 g/mol. The molecule has 1 aliphatic heterocycles. The van der Waals surface area contributed by atoms with Gasteiger partial charge < -0.3 is 15.5 Å². The van der Waals surface area contributed by atoms with E-state index in [1.807, 2.05) is 31.9 Å². The van der Waals surface area contributed by atoms with Crippen molar-refractivity contribution in [2.45, 2.75) is 32.7 Å². The number of nitrogens with two attached hydrogens (primary N) is 1. The number of aromatic nitrogens is 3. The van der Waals surface area contributed by atoms with Crippen LogP contribution >= 0.6 is 0 Å². The highest BCUT2D eigenvalue weighted by atomic mass is 16.2. The third-order valence-corrected chi connectivity index (χ3v) is 4.76. The van der Waals surface area contributed by atoms with Gasteiger partial charge >= 0.3 is 0 Å². The summed E-state index contributed by atoms with van der Waals surface area (Å²) in [6, 6.07) is 3.91. The second-order valence-corrected chi connectivity index (χ2v) is 6.61. The molecule has 0 aromatic carbocycles. The van der Waals surface area contributed by atoms with Gasteiger partial charge in [0.1, 0.15) is 18.0 Å². The normalized spacial score (nSPS) is 15.9. The Balaban J connectivity index is 1.75. The summed E-state index contributed by atoms with van der Waals surface area (Å²) in [7, 11) is 1.88. The van der Waals surface area contributed by atoms with E-state index in [1.165, 1.54) is 6.33 Å². The molecule has 7 nitrogen and oxygen atoms in total. The SMILES string of the molecule is CC(C)N(C)C(=O)C1CCN(c2ncnc3nc(N)ccc23)CC1. The Morgan fingerprint density at radius 3 is 2.67 bits per heavy atom. The summed E-state index contributed by atoms with van der Waals surface area (Å²) in [5.41, 5.74) is 6.34. The molecule has 0 saturated carbocycles. The van der Waals surface area contributed by atoms with Crippen LogP contribution in [0.4, 0.5) is 11.6 Å². The van der Waals surface area contributed by atoms with Crippen molar-refractivity contribution in [2.75, 3.05) is 30.8 Å². The van der Waals surface area contributed by atoms with Crippen molar-refractivity contribution in [1.82, 2.24) is 19.9 Å². The van der Waals surface area contributed by atoms with E-state index >= 15 is 0 Å². The van der Waals surface area contributed by atoms with E-state index < -0.39 is 0 Å². The van der Waals surface area contributed by atoms with Crippen LogP contribution in [0.2, 0.25) is 0 Å². The molecule has 1 fully saturated rings. The summed E-state index contributed by atoms with van der Waals surface area (Å²) in [5, 5.41) is 0.899. The molecule has 1 saturated heterocycles. The minimum Gasteiger partial charge on any atom is -0.384 e. The van der Waals surface area contributed by atoms with Gasteiger partial charge in [-0.1, -0.05) is 0 Å². The lowest BCUT2D eigenvalue weighted by Crippen LogP contribution is -2.43. The largest absolute Gasteiger partial charge is 0.384 e. The van der Waals surface area contributed by atoms with Crippen LogP contribution in [0.25, 0.3) is 11.0 Å². The molecule has 0 aliphatic carbocycles. The quantitative estimate of drug-likeness (QED) is 0.922. The van der Waals surface area contributed by atoms with Gasteiger partial charge in [0.2, 0.25) is 5.91 Å². The molecule has 1 aliphatic rings. The van der Waals surface area contributed by atoms with Crippen LogP contribution in [0.5, 0.6) is 0 Å². The third-order valence-electron chi connectivity index (χ3n) is 4.76. The van der Waals surface area contributed by atoms with Crippen LogP contribution in [-0.4, -0.2) is 51.9 Å². The molecule has 0 unspecified atom stereocenters. The first kappa shape index (κ1) is 16.4. The van der Waals surface area contributed by atoms with Crippen molar-refractivity contribution in [2.24, 2.45) is 5.92 Å². The molecular weight excluding hydrogens is 304 g/mol. The Morgan fingerprint density at radius 1 is 1.29 bits per heavy atom. The molecule has 7 heteroatoms. The van der Waals surface area contributed by atoms with E-state index in [0.29, 0.717) is 11.5 Å². The fraction of sp³-hybridized carbons (Fsp3) is 0.529. The molecule has 0 spiro atoms. The number of anilines is 2. The number of rotatable bonds is 3. The van der Waals surface area contributed by atoms with Gasteiger partial charge in [0.25, 0.3) is 0 Å². The zero-order valence-electron chi connectivity index (χ0n) is 14.4. The van der Waals surface area contributed by atoms with Crippen LogP contribution in [0.1, 0.15) is 26.7 Å². The van der Waals surface area contributed by atoms with E-state index in [0.717, 1.165) is 37.1 Å². The number of hydrogen-bond donors (Lipinski definition) is 1. The summed E-state index contributed by atoms with van der Waals surface area (Å²) >= 11 is 0. The molecule has 24 heavy (non-hydrogen) atoms. The fourth-order valence-electron chi connectivity index (χ4n) is 3.08. The number of fused-ring (bicyclic) bond motifs is 1. The molecule has 2 N–H and O–H groups in total. The van der Waals surface area contributed by atoms with Crippen LogP contribution < -0.4 is 10.6 Å². The Kier molecular flexibility index (Phi) is 4.51. The maximum atomic E-state index is 12.5. The Hall–Kier alpha value is -2.44. The summed E-state index contributed by atoms with van der Waals surface area (Å²) in [6.45, 7) is 5.69. The Labute approximate surface area is 141 Å². The highest BCUT2D eigenvalue weighted by Crippen LogP contribution is 2.28. The summed E-state index contributed by atoms with van der Waals surface area (Å²) in [4.78, 5) is 29.4. The second kappa shape index (κ2) is 6.59. The smallest absolute Gasteiger partial charge is 0.225 e. The number of piperidine rings is 1. The van der Waals surface area contributed by atoms with Crippen molar-refractivity contribution in [1.29, 1.82) is 0 Å². The molecule has 0 radical (unpaired) electrons. The van der Waals surface area contributed by atoms with Gasteiger partial charge in [-0.25, -0.2) is 15.0 Å². The first-order valence-corrected chi connectivity index (χ1v) is 8.36. The van der Waals surface area contributed by atoms with Gasteiger partial charge in [0, 0.05) is 32.1 Å². The number of nitrogen functional groups attached to an aromatic ring is 1. The summed E-state index contributed by atoms with van der Waals surface area (Å²) in [6.07, 6.45) is 3.20. The van der Waals surface area contributed by atoms with Gasteiger partial charge in [0.15, 0.2) is 5.65 Å². The van der Waals surface area contributed by atoms with Crippen molar-refractivity contribution in [3.63, 3.8) is 0 Å². The number of hydrogen-bond acceptors (Lipinski definition) is 6. The first-order chi connectivity index (χ1) is 11.5. The molecule has 3 rings (SSSR count). The standard InChI is InChI=1S/C17H24N6O/c1-11(2)22(3)17(24)12-6-8-23(9-7-12)16-13-4-5-14(18)21-15(13)19-10-20-16/h4-5,10-12H,6-9H2,1-3H3,(H2,18,19,20,21). The fourth-order valence-corrected chi connectivity index (χ4v) is 3.08. The number of carbonyl (C=O) groups excluding carboxylic acids is 1. The maximum Gasteiger partial charge on any atom is 0.225 e. The van der Waals surface area contributed by atoms with Gasteiger partial charge in [0.05, 0.1) is 5.39 Å². The number of carbonyl (C=O) groups is 1. The van der Waals surface area contributed by atoms with Gasteiger partial charge in [-0.15, -0.1) is 0 Å². The first-order valence-electron chi connectivity index (χ1n) is 8.36. The zero-order chi connectivity index (χ0) is 17.3. The number of amides is 1. The third kappa shape index (κ3) is 3.11. The monoisotopic (exact) mass is 328 g/mol. The van der Waals surface area contributed by atoms with Gasteiger partial charge in [-0.05, 0) is 38.8 Å². The lowest BCUT2D eigenvalue weighted by atomic mass is 9.95. The molecule has 0 atom stereocenters. The molecule has 128 valence electrons. The summed E-state index contributed by atoms with van der Waals surface area (Å²) in [5.74, 6) is 1.66. The highest BCUT2D eigenvalue weighted by Gasteiger charge is 2.29. The molecule has 1 amide bonds. The minimum atomic E-state index is 0.0931.